The van der Waals surface area contributed by atoms with Crippen molar-refractivity contribution in [3.8, 4) is 0 Å². The fourth-order valence-corrected chi connectivity index (χ4v) is 6.56. The molecule has 2 aromatic rings. The maximum absolute atomic E-state index is 12.1. The fraction of sp³-hybridized carbons (Fsp3) is 0.690. The van der Waals surface area contributed by atoms with Crippen molar-refractivity contribution in [1.82, 2.24) is 24.8 Å². The first-order chi connectivity index (χ1) is 19.2. The Kier molecular flexibility index (Phi) is 8.42. The van der Waals surface area contributed by atoms with Crippen molar-refractivity contribution in [2.45, 2.75) is 89.8 Å². The standard InChI is InChI=1S/C29H43N7O4/c1-4-18-8-10-19(11-9-18)16-36-22-24(31-17(2)20-6-5-7-20)33-26(23(30)32-28(37)38)34-25(22)35-27(36)29(3,39)21-12-14-40-15-13-21/h4,17-21,39H,1,5-16H2,2-3H3,(H2,30,32)(H,37,38)(H,31,33,34)/t17-,18?,19?,29?/m1/s1. The second kappa shape index (κ2) is 11.8. The van der Waals surface area contributed by atoms with Gasteiger partial charge in [-0.2, -0.15) is 0 Å². The number of aromatic nitrogens is 4. The number of nitrogens with zero attached hydrogens (tertiary/aromatic N) is 4. The predicted molar refractivity (Wildman–Crippen MR) is 152 cm³/mol. The van der Waals surface area contributed by atoms with E-state index in [-0.39, 0.29) is 17.8 Å². The molecule has 40 heavy (non-hydrogen) atoms. The van der Waals surface area contributed by atoms with E-state index in [1.165, 1.54) is 6.42 Å². The number of amides is 1. The quantitative estimate of drug-likeness (QED) is 0.171. The lowest BCUT2D eigenvalue weighted by atomic mass is 9.80. The largest absolute Gasteiger partial charge is 0.465 e. The number of aliphatic hydroxyl groups is 1. The van der Waals surface area contributed by atoms with Crippen LogP contribution in [0.25, 0.3) is 11.2 Å². The minimum atomic E-state index is -1.35. The summed E-state index contributed by atoms with van der Waals surface area (Å²) in [7, 11) is 0. The Morgan fingerprint density at radius 2 is 1.88 bits per heavy atom. The summed E-state index contributed by atoms with van der Waals surface area (Å²) < 4.78 is 7.69. The summed E-state index contributed by atoms with van der Waals surface area (Å²) in [5, 5.41) is 35.2. The van der Waals surface area contributed by atoms with Gasteiger partial charge in [-0.3, -0.25) is 10.7 Å². The Bertz CT molecular complexity index is 1240. The number of fused-ring (bicyclic) bond motifs is 1. The number of nitrogens with one attached hydrogen (secondary N) is 3. The molecule has 1 saturated heterocycles. The molecule has 11 nitrogen and oxygen atoms in total. The Labute approximate surface area is 235 Å². The van der Waals surface area contributed by atoms with Gasteiger partial charge in [0.2, 0.25) is 0 Å². The van der Waals surface area contributed by atoms with Gasteiger partial charge in [0, 0.05) is 25.8 Å². The molecule has 0 radical (unpaired) electrons. The van der Waals surface area contributed by atoms with Crippen LogP contribution in [0.15, 0.2) is 12.7 Å². The van der Waals surface area contributed by atoms with E-state index in [1.807, 2.05) is 6.92 Å². The SMILES string of the molecule is C=CC1CCC(Cn2c(C(C)(O)C3CCOCC3)nc3nc(C(=N)NC(=O)O)nc(N[C@H](C)C4CCC4)c32)CC1. The molecule has 5 N–H and O–H groups in total. The first kappa shape index (κ1) is 28.5. The van der Waals surface area contributed by atoms with Crippen molar-refractivity contribution < 1.29 is 19.7 Å². The number of carboxylic acid groups (broad SMARTS) is 1. The van der Waals surface area contributed by atoms with Gasteiger partial charge in [-0.05, 0) is 88.9 Å². The lowest BCUT2D eigenvalue weighted by molar-refractivity contribution is -0.0654. The second-order valence-corrected chi connectivity index (χ2v) is 12.1. The van der Waals surface area contributed by atoms with Crippen molar-refractivity contribution in [3.63, 3.8) is 0 Å². The van der Waals surface area contributed by atoms with Crippen LogP contribution < -0.4 is 10.6 Å². The average molecular weight is 554 g/mol. The first-order valence-electron chi connectivity index (χ1n) is 14.7. The molecule has 2 aromatic heterocycles. The number of allylic oxidation sites excluding steroid dienone is 1. The van der Waals surface area contributed by atoms with E-state index in [4.69, 9.17) is 15.1 Å². The monoisotopic (exact) mass is 553 g/mol. The van der Waals surface area contributed by atoms with E-state index in [9.17, 15) is 15.0 Å². The highest BCUT2D eigenvalue weighted by atomic mass is 16.5. The lowest BCUT2D eigenvalue weighted by Crippen LogP contribution is -2.39. The van der Waals surface area contributed by atoms with E-state index in [0.29, 0.717) is 60.3 Å². The normalized spacial score (nSPS) is 24.6. The zero-order valence-electron chi connectivity index (χ0n) is 23.7. The third-order valence-electron chi connectivity index (χ3n) is 9.41. The number of ether oxygens (including phenoxy) is 1. The van der Waals surface area contributed by atoms with Gasteiger partial charge in [0.25, 0.3) is 0 Å². The molecule has 3 heterocycles. The minimum absolute atomic E-state index is 0.0296. The van der Waals surface area contributed by atoms with Crippen LogP contribution in [0.1, 0.15) is 83.3 Å². The third-order valence-corrected chi connectivity index (χ3v) is 9.41. The molecular formula is C29H43N7O4. The average Bonchev–Trinajstić information content (AvgIpc) is 3.27. The molecule has 11 heteroatoms. The van der Waals surface area contributed by atoms with E-state index >= 15 is 0 Å². The van der Waals surface area contributed by atoms with Gasteiger partial charge in [-0.25, -0.2) is 19.7 Å². The van der Waals surface area contributed by atoms with Crippen molar-refractivity contribution in [2.24, 2.45) is 23.7 Å². The van der Waals surface area contributed by atoms with E-state index in [1.54, 1.807) is 0 Å². The van der Waals surface area contributed by atoms with Crippen molar-refractivity contribution in [2.75, 3.05) is 18.5 Å². The highest BCUT2D eigenvalue weighted by Gasteiger charge is 2.41. The second-order valence-electron chi connectivity index (χ2n) is 12.1. The highest BCUT2D eigenvalue weighted by molar-refractivity contribution is 6.03. The number of hydrogen-bond donors (Lipinski definition) is 5. The molecule has 2 saturated carbocycles. The van der Waals surface area contributed by atoms with Gasteiger partial charge >= 0.3 is 6.09 Å². The summed E-state index contributed by atoms with van der Waals surface area (Å²) in [5.41, 5.74) is -0.175. The van der Waals surface area contributed by atoms with Gasteiger partial charge in [-0.1, -0.05) is 12.5 Å². The molecular weight excluding hydrogens is 510 g/mol. The molecule has 3 aliphatic rings. The van der Waals surface area contributed by atoms with Crippen LogP contribution in [-0.4, -0.2) is 60.9 Å². The summed E-state index contributed by atoms with van der Waals surface area (Å²) in [6, 6.07) is 0.132. The van der Waals surface area contributed by atoms with E-state index in [0.717, 1.165) is 51.4 Å². The number of imidazole rings is 1. The molecule has 2 aliphatic carbocycles. The fourth-order valence-electron chi connectivity index (χ4n) is 6.56. The lowest BCUT2D eigenvalue weighted by Gasteiger charge is -2.36. The number of rotatable bonds is 9. The Morgan fingerprint density at radius 3 is 2.48 bits per heavy atom. The highest BCUT2D eigenvalue weighted by Crippen LogP contribution is 2.40. The molecule has 0 spiro atoms. The summed E-state index contributed by atoms with van der Waals surface area (Å²) in [4.78, 5) is 25.4. The number of anilines is 1. The van der Waals surface area contributed by atoms with Gasteiger partial charge in [0.15, 0.2) is 23.1 Å². The molecule has 218 valence electrons. The summed E-state index contributed by atoms with van der Waals surface area (Å²) in [6.45, 7) is 9.83. The molecule has 0 bridgehead atoms. The van der Waals surface area contributed by atoms with Gasteiger partial charge in [0.05, 0.1) is 0 Å². The van der Waals surface area contributed by atoms with Crippen LogP contribution in [-0.2, 0) is 16.9 Å². The summed E-state index contributed by atoms with van der Waals surface area (Å²) >= 11 is 0. The maximum atomic E-state index is 12.1. The summed E-state index contributed by atoms with van der Waals surface area (Å²) in [6.07, 6.45) is 9.96. The Hall–Kier alpha value is -3.05. The molecule has 2 atom stereocenters. The van der Waals surface area contributed by atoms with Crippen LogP contribution in [0.3, 0.4) is 0 Å². The maximum Gasteiger partial charge on any atom is 0.410 e. The number of carbonyl (C=O) groups is 1. The van der Waals surface area contributed by atoms with Gasteiger partial charge < -0.3 is 24.8 Å². The van der Waals surface area contributed by atoms with Crippen molar-refractivity contribution in [1.29, 1.82) is 5.41 Å². The van der Waals surface area contributed by atoms with Crippen LogP contribution in [0.5, 0.6) is 0 Å². The zero-order chi connectivity index (χ0) is 28.4. The molecule has 5 rings (SSSR count). The minimum Gasteiger partial charge on any atom is -0.465 e. The molecule has 1 unspecified atom stereocenters. The first-order valence-corrected chi connectivity index (χ1v) is 14.7. The number of amidine groups is 1. The molecule has 3 fully saturated rings. The number of hydrogen-bond acceptors (Lipinski definition) is 8. The molecule has 0 aromatic carbocycles. The topological polar surface area (TPSA) is 158 Å². The van der Waals surface area contributed by atoms with E-state index in [2.05, 4.69) is 44.7 Å². The van der Waals surface area contributed by atoms with Crippen molar-refractivity contribution >= 4 is 28.9 Å². The summed E-state index contributed by atoms with van der Waals surface area (Å²) in [5.74, 6) is 2.04. The van der Waals surface area contributed by atoms with Crippen LogP contribution in [0.4, 0.5) is 10.6 Å². The van der Waals surface area contributed by atoms with E-state index < -0.39 is 17.5 Å². The zero-order valence-corrected chi connectivity index (χ0v) is 23.7. The Morgan fingerprint density at radius 1 is 1.18 bits per heavy atom. The Balaban J connectivity index is 1.62. The predicted octanol–water partition coefficient (Wildman–Crippen LogP) is 4.65. The van der Waals surface area contributed by atoms with Crippen molar-refractivity contribution in [3.05, 3.63) is 24.3 Å². The van der Waals surface area contributed by atoms with Gasteiger partial charge in [-0.15, -0.1) is 6.58 Å². The molecule has 1 amide bonds. The van der Waals surface area contributed by atoms with Gasteiger partial charge in [0.1, 0.15) is 16.9 Å². The molecule has 1 aliphatic heterocycles. The third kappa shape index (κ3) is 5.85. The van der Waals surface area contributed by atoms with Crippen LogP contribution >= 0.6 is 0 Å². The smallest absolute Gasteiger partial charge is 0.410 e. The van der Waals surface area contributed by atoms with Crippen LogP contribution in [0.2, 0.25) is 0 Å². The van der Waals surface area contributed by atoms with Crippen LogP contribution in [0, 0.1) is 29.1 Å².